The van der Waals surface area contributed by atoms with Crippen molar-refractivity contribution in [1.82, 2.24) is 0 Å². The quantitative estimate of drug-likeness (QED) is 0.463. The van der Waals surface area contributed by atoms with Crippen molar-refractivity contribution in [3.05, 3.63) is 75.6 Å². The fraction of sp³-hybridized carbons (Fsp3) is 0.292. The molecule has 30 heavy (non-hydrogen) atoms. The molecule has 0 aliphatic heterocycles. The molecule has 0 amide bonds. The monoisotopic (exact) mass is 406 g/mol. The standard InChI is InChI=1S/C24H22O6/c1-15-12-23(26)29-22-13-18(10-11-19(15)22)28-14-16-6-8-17(9-7-16)24(27)30-21-5-3-2-4-20(21)25/h6-13,21H,2-5,14H2,1H3/t21-/m0/s1. The summed E-state index contributed by atoms with van der Waals surface area (Å²) in [4.78, 5) is 35.7. The van der Waals surface area contributed by atoms with Gasteiger partial charge in [0.1, 0.15) is 17.9 Å². The Labute approximate surface area is 173 Å². The lowest BCUT2D eigenvalue weighted by Crippen LogP contribution is -2.30. The molecule has 1 aliphatic carbocycles. The highest BCUT2D eigenvalue weighted by molar-refractivity contribution is 5.93. The molecule has 1 aromatic heterocycles. The maximum Gasteiger partial charge on any atom is 0.338 e. The zero-order chi connectivity index (χ0) is 21.1. The molecule has 1 atom stereocenters. The summed E-state index contributed by atoms with van der Waals surface area (Å²) in [7, 11) is 0. The van der Waals surface area contributed by atoms with Crippen LogP contribution in [0.25, 0.3) is 11.0 Å². The number of carbonyl (C=O) groups is 2. The molecule has 0 unspecified atom stereocenters. The molecule has 1 heterocycles. The van der Waals surface area contributed by atoms with Crippen LogP contribution < -0.4 is 10.4 Å². The maximum absolute atomic E-state index is 12.3. The minimum absolute atomic E-state index is 0.000957. The molecule has 0 spiro atoms. The van der Waals surface area contributed by atoms with Crippen molar-refractivity contribution in [2.45, 2.75) is 45.3 Å². The van der Waals surface area contributed by atoms with Crippen molar-refractivity contribution in [2.75, 3.05) is 0 Å². The molecule has 2 aromatic carbocycles. The summed E-state index contributed by atoms with van der Waals surface area (Å²) in [5.41, 5.74) is 2.21. The van der Waals surface area contributed by atoms with Crippen molar-refractivity contribution in [1.29, 1.82) is 0 Å². The van der Waals surface area contributed by atoms with Crippen LogP contribution in [-0.2, 0) is 16.1 Å². The molecule has 0 N–H and O–H groups in total. The van der Waals surface area contributed by atoms with E-state index in [4.69, 9.17) is 13.9 Å². The Balaban J connectivity index is 1.39. The molecule has 154 valence electrons. The summed E-state index contributed by atoms with van der Waals surface area (Å²) in [6, 6.07) is 13.7. The van der Waals surface area contributed by atoms with E-state index < -0.39 is 17.7 Å². The topological polar surface area (TPSA) is 82.8 Å². The minimum Gasteiger partial charge on any atom is -0.489 e. The Morgan fingerprint density at radius 2 is 1.87 bits per heavy atom. The summed E-state index contributed by atoms with van der Waals surface area (Å²) in [5, 5.41) is 0.862. The predicted molar refractivity (Wildman–Crippen MR) is 111 cm³/mol. The Hall–Kier alpha value is -3.41. The van der Waals surface area contributed by atoms with E-state index in [1.54, 1.807) is 30.3 Å². The van der Waals surface area contributed by atoms with Crippen LogP contribution in [0.5, 0.6) is 5.75 Å². The third-order valence-electron chi connectivity index (χ3n) is 5.27. The van der Waals surface area contributed by atoms with E-state index >= 15 is 0 Å². The first-order valence-corrected chi connectivity index (χ1v) is 9.99. The number of carbonyl (C=O) groups excluding carboxylic acids is 2. The highest BCUT2D eigenvalue weighted by Crippen LogP contribution is 2.23. The molecule has 0 radical (unpaired) electrons. The van der Waals surface area contributed by atoms with Crippen LogP contribution in [-0.4, -0.2) is 17.9 Å². The Morgan fingerprint density at radius 1 is 1.07 bits per heavy atom. The summed E-state index contributed by atoms with van der Waals surface area (Å²) in [5.74, 6) is 0.0965. The predicted octanol–water partition coefficient (Wildman–Crippen LogP) is 4.35. The molecule has 1 aliphatic rings. The van der Waals surface area contributed by atoms with Gasteiger partial charge < -0.3 is 13.9 Å². The first-order valence-electron chi connectivity index (χ1n) is 9.99. The summed E-state index contributed by atoms with van der Waals surface area (Å²) in [6.45, 7) is 2.15. The molecular formula is C24H22O6. The van der Waals surface area contributed by atoms with E-state index in [1.807, 2.05) is 19.1 Å². The van der Waals surface area contributed by atoms with Gasteiger partial charge in [-0.3, -0.25) is 4.79 Å². The number of ketones is 1. The number of hydrogen-bond donors (Lipinski definition) is 0. The number of Topliss-reactive ketones (excluding diaryl/α,β-unsaturated/α-hetero) is 1. The lowest BCUT2D eigenvalue weighted by molar-refractivity contribution is -0.129. The van der Waals surface area contributed by atoms with Crippen molar-refractivity contribution in [2.24, 2.45) is 0 Å². The van der Waals surface area contributed by atoms with Gasteiger partial charge in [0, 0.05) is 23.9 Å². The van der Waals surface area contributed by atoms with Crippen molar-refractivity contribution in [3.8, 4) is 5.75 Å². The van der Waals surface area contributed by atoms with E-state index in [-0.39, 0.29) is 12.4 Å². The van der Waals surface area contributed by atoms with Gasteiger partial charge >= 0.3 is 11.6 Å². The van der Waals surface area contributed by atoms with Gasteiger partial charge in [-0.05, 0) is 61.6 Å². The van der Waals surface area contributed by atoms with Crippen LogP contribution in [0.2, 0.25) is 0 Å². The van der Waals surface area contributed by atoms with Crippen LogP contribution in [0, 0.1) is 6.92 Å². The Morgan fingerprint density at radius 3 is 2.63 bits per heavy atom. The Bertz CT molecular complexity index is 1140. The summed E-state index contributed by atoms with van der Waals surface area (Å²) < 4.78 is 16.4. The molecule has 3 aromatic rings. The van der Waals surface area contributed by atoms with Crippen LogP contribution in [0.4, 0.5) is 0 Å². The van der Waals surface area contributed by atoms with E-state index in [2.05, 4.69) is 0 Å². The van der Waals surface area contributed by atoms with Crippen molar-refractivity contribution >= 4 is 22.7 Å². The fourth-order valence-corrected chi connectivity index (χ4v) is 3.57. The largest absolute Gasteiger partial charge is 0.489 e. The first kappa shape index (κ1) is 19.9. The number of hydrogen-bond acceptors (Lipinski definition) is 6. The number of aryl methyl sites for hydroxylation is 1. The number of rotatable bonds is 5. The third kappa shape index (κ3) is 4.43. The van der Waals surface area contributed by atoms with E-state index in [0.717, 1.165) is 29.4 Å². The smallest absolute Gasteiger partial charge is 0.338 e. The van der Waals surface area contributed by atoms with Gasteiger partial charge in [-0.2, -0.15) is 0 Å². The molecule has 0 bridgehead atoms. The minimum atomic E-state index is -0.620. The number of fused-ring (bicyclic) bond motifs is 1. The molecule has 6 heteroatoms. The third-order valence-corrected chi connectivity index (χ3v) is 5.27. The van der Waals surface area contributed by atoms with Gasteiger partial charge in [-0.15, -0.1) is 0 Å². The van der Waals surface area contributed by atoms with E-state index in [9.17, 15) is 14.4 Å². The van der Waals surface area contributed by atoms with Crippen LogP contribution >= 0.6 is 0 Å². The van der Waals surface area contributed by atoms with Gasteiger partial charge in [0.2, 0.25) is 0 Å². The highest BCUT2D eigenvalue weighted by atomic mass is 16.5. The number of benzene rings is 2. The normalized spacial score (nSPS) is 16.4. The Kier molecular flexibility index (Phi) is 5.65. The molecule has 1 saturated carbocycles. The van der Waals surface area contributed by atoms with Gasteiger partial charge in [-0.25, -0.2) is 9.59 Å². The van der Waals surface area contributed by atoms with Crippen molar-refractivity contribution in [3.63, 3.8) is 0 Å². The average Bonchev–Trinajstić information content (AvgIpc) is 2.74. The number of esters is 1. The first-order chi connectivity index (χ1) is 14.5. The van der Waals surface area contributed by atoms with E-state index in [1.165, 1.54) is 6.07 Å². The molecule has 6 nitrogen and oxygen atoms in total. The van der Waals surface area contributed by atoms with Crippen LogP contribution in [0.1, 0.15) is 47.2 Å². The second-order valence-electron chi connectivity index (χ2n) is 7.50. The lowest BCUT2D eigenvalue weighted by Gasteiger charge is -2.20. The molecule has 0 saturated heterocycles. The van der Waals surface area contributed by atoms with Crippen LogP contribution in [0.3, 0.4) is 0 Å². The van der Waals surface area contributed by atoms with Gasteiger partial charge in [0.05, 0.1) is 5.56 Å². The number of ether oxygens (including phenoxy) is 2. The van der Waals surface area contributed by atoms with Gasteiger partial charge in [0.25, 0.3) is 0 Å². The second-order valence-corrected chi connectivity index (χ2v) is 7.50. The maximum atomic E-state index is 12.3. The zero-order valence-electron chi connectivity index (χ0n) is 16.7. The lowest BCUT2D eigenvalue weighted by atomic mass is 9.96. The zero-order valence-corrected chi connectivity index (χ0v) is 16.7. The van der Waals surface area contributed by atoms with E-state index in [0.29, 0.717) is 29.7 Å². The SMILES string of the molecule is Cc1cc(=O)oc2cc(OCc3ccc(C(=O)O[C@H]4CCCCC4=O)cc3)ccc12. The highest BCUT2D eigenvalue weighted by Gasteiger charge is 2.26. The van der Waals surface area contributed by atoms with Gasteiger partial charge in [-0.1, -0.05) is 12.1 Å². The van der Waals surface area contributed by atoms with Gasteiger partial charge in [0.15, 0.2) is 11.9 Å². The second kappa shape index (κ2) is 8.53. The van der Waals surface area contributed by atoms with Crippen LogP contribution in [0.15, 0.2) is 57.7 Å². The molecule has 4 rings (SSSR count). The molecule has 1 fully saturated rings. The molecular weight excluding hydrogens is 384 g/mol. The summed E-state index contributed by atoms with van der Waals surface area (Å²) in [6.07, 6.45) is 2.22. The summed E-state index contributed by atoms with van der Waals surface area (Å²) >= 11 is 0. The van der Waals surface area contributed by atoms with Crippen molar-refractivity contribution < 1.29 is 23.5 Å². The average molecular weight is 406 g/mol. The fourth-order valence-electron chi connectivity index (χ4n) is 3.57.